The molecule has 0 saturated carbocycles. The van der Waals surface area contributed by atoms with Gasteiger partial charge in [-0.15, -0.1) is 0 Å². The van der Waals surface area contributed by atoms with E-state index in [4.69, 9.17) is 28.4 Å². The number of rotatable bonds is 7. The van der Waals surface area contributed by atoms with Crippen LogP contribution in [0.1, 0.15) is 24.2 Å². The zero-order chi connectivity index (χ0) is 20.1. The summed E-state index contributed by atoms with van der Waals surface area (Å²) in [6.07, 6.45) is -1.09. The first-order chi connectivity index (χ1) is 13.6. The molecule has 0 aromatic heterocycles. The highest BCUT2D eigenvalue weighted by Gasteiger charge is 2.36. The third kappa shape index (κ3) is 4.08. The van der Waals surface area contributed by atoms with Gasteiger partial charge < -0.3 is 28.4 Å². The lowest BCUT2D eigenvalue weighted by atomic mass is 10.0. The Kier molecular flexibility index (Phi) is 6.13. The van der Waals surface area contributed by atoms with E-state index in [2.05, 4.69) is 6.92 Å². The third-order valence-corrected chi connectivity index (χ3v) is 4.58. The number of hydrogen-bond donors (Lipinski definition) is 0. The molecule has 2 aromatic rings. The second kappa shape index (κ2) is 8.73. The number of hydrogen-bond acceptors (Lipinski definition) is 7. The first-order valence-corrected chi connectivity index (χ1v) is 8.98. The number of ether oxygens (including phenoxy) is 6. The van der Waals surface area contributed by atoms with Gasteiger partial charge in [0.25, 0.3) is 0 Å². The van der Waals surface area contributed by atoms with E-state index in [0.29, 0.717) is 28.6 Å². The van der Waals surface area contributed by atoms with Crippen molar-refractivity contribution in [3.63, 3.8) is 0 Å². The minimum Gasteiger partial charge on any atom is -0.493 e. The highest BCUT2D eigenvalue weighted by atomic mass is 16.8. The Bertz CT molecular complexity index is 833. The van der Waals surface area contributed by atoms with Crippen LogP contribution in [0, 0.1) is 0 Å². The van der Waals surface area contributed by atoms with Crippen molar-refractivity contribution in [1.29, 1.82) is 0 Å². The molecule has 0 bridgehead atoms. The van der Waals surface area contributed by atoms with E-state index in [1.54, 1.807) is 39.5 Å². The summed E-state index contributed by atoms with van der Waals surface area (Å²) in [6, 6.07) is 11.1. The number of aryl methyl sites for hydroxylation is 1. The van der Waals surface area contributed by atoms with E-state index in [1.165, 1.54) is 0 Å². The first kappa shape index (κ1) is 19.7. The van der Waals surface area contributed by atoms with Gasteiger partial charge in [-0.05, 0) is 36.2 Å². The molecule has 0 N–H and O–H groups in total. The smallest absolute Gasteiger partial charge is 0.493 e. The standard InChI is InChI=1S/C21H24O7/c1-5-13-6-8-16(17(10-13)24-3)27-19-12-26-21(22)28-20(19)14-7-9-15(23-2)18(11-14)25-4/h6-11,19-20H,5,12H2,1-4H3. The van der Waals surface area contributed by atoms with Crippen LogP contribution in [0.2, 0.25) is 0 Å². The van der Waals surface area contributed by atoms with E-state index in [1.807, 2.05) is 18.2 Å². The zero-order valence-corrected chi connectivity index (χ0v) is 16.4. The molecule has 0 radical (unpaired) electrons. The fourth-order valence-corrected chi connectivity index (χ4v) is 3.05. The monoisotopic (exact) mass is 388 g/mol. The van der Waals surface area contributed by atoms with Gasteiger partial charge in [-0.2, -0.15) is 0 Å². The molecule has 1 aliphatic rings. The van der Waals surface area contributed by atoms with Gasteiger partial charge in [0, 0.05) is 5.56 Å². The Labute approximate surface area is 164 Å². The number of methoxy groups -OCH3 is 3. The van der Waals surface area contributed by atoms with Crippen LogP contribution >= 0.6 is 0 Å². The molecule has 0 amide bonds. The molecule has 2 aromatic carbocycles. The minimum absolute atomic E-state index is 0.0521. The fourth-order valence-electron chi connectivity index (χ4n) is 3.05. The number of cyclic esters (lactones) is 2. The normalized spacial score (nSPS) is 18.6. The molecular weight excluding hydrogens is 364 g/mol. The van der Waals surface area contributed by atoms with Crippen LogP contribution in [0.25, 0.3) is 0 Å². The molecule has 150 valence electrons. The molecule has 3 rings (SSSR count). The molecule has 1 fully saturated rings. The van der Waals surface area contributed by atoms with Crippen molar-refractivity contribution >= 4 is 6.16 Å². The lowest BCUT2D eigenvalue weighted by Crippen LogP contribution is -2.39. The van der Waals surface area contributed by atoms with Gasteiger partial charge in [0.05, 0.1) is 21.3 Å². The molecule has 0 aliphatic carbocycles. The van der Waals surface area contributed by atoms with Crippen LogP contribution in [0.15, 0.2) is 36.4 Å². The number of benzene rings is 2. The van der Waals surface area contributed by atoms with Gasteiger partial charge in [-0.25, -0.2) is 4.79 Å². The van der Waals surface area contributed by atoms with Crippen LogP contribution in [0.3, 0.4) is 0 Å². The highest BCUT2D eigenvalue weighted by molar-refractivity contribution is 5.61. The van der Waals surface area contributed by atoms with Crippen molar-refractivity contribution in [3.8, 4) is 23.0 Å². The summed E-state index contributed by atoms with van der Waals surface area (Å²) in [6.45, 7) is 2.12. The van der Waals surface area contributed by atoms with Crippen molar-refractivity contribution in [2.24, 2.45) is 0 Å². The van der Waals surface area contributed by atoms with Crippen molar-refractivity contribution in [2.75, 3.05) is 27.9 Å². The maximum absolute atomic E-state index is 11.7. The Morgan fingerprint density at radius 2 is 1.61 bits per heavy atom. The maximum atomic E-state index is 11.7. The van der Waals surface area contributed by atoms with Crippen molar-refractivity contribution in [2.45, 2.75) is 25.6 Å². The first-order valence-electron chi connectivity index (χ1n) is 8.98. The molecule has 7 nitrogen and oxygen atoms in total. The van der Waals surface area contributed by atoms with E-state index in [9.17, 15) is 4.79 Å². The zero-order valence-electron chi connectivity index (χ0n) is 16.4. The minimum atomic E-state index is -0.743. The average molecular weight is 388 g/mol. The van der Waals surface area contributed by atoms with E-state index >= 15 is 0 Å². The molecule has 1 aliphatic heterocycles. The van der Waals surface area contributed by atoms with Gasteiger partial charge in [0.2, 0.25) is 0 Å². The predicted molar refractivity (Wildman–Crippen MR) is 102 cm³/mol. The maximum Gasteiger partial charge on any atom is 0.509 e. The van der Waals surface area contributed by atoms with Crippen molar-refractivity contribution < 1.29 is 33.2 Å². The average Bonchev–Trinajstić information content (AvgIpc) is 2.74. The Morgan fingerprint density at radius 1 is 0.929 bits per heavy atom. The largest absolute Gasteiger partial charge is 0.509 e. The summed E-state index contributed by atoms with van der Waals surface area (Å²) >= 11 is 0. The van der Waals surface area contributed by atoms with Gasteiger partial charge in [0.1, 0.15) is 6.61 Å². The fraction of sp³-hybridized carbons (Fsp3) is 0.381. The Hall–Kier alpha value is -3.09. The van der Waals surface area contributed by atoms with Gasteiger partial charge in [0.15, 0.2) is 35.2 Å². The van der Waals surface area contributed by atoms with Crippen molar-refractivity contribution in [1.82, 2.24) is 0 Å². The summed E-state index contributed by atoms with van der Waals surface area (Å²) in [7, 11) is 4.70. The molecule has 0 spiro atoms. The summed E-state index contributed by atoms with van der Waals surface area (Å²) in [5.74, 6) is 2.28. The summed E-state index contributed by atoms with van der Waals surface area (Å²) in [5.41, 5.74) is 1.84. The molecular formula is C21H24O7. The summed E-state index contributed by atoms with van der Waals surface area (Å²) in [5, 5.41) is 0. The predicted octanol–water partition coefficient (Wildman–Crippen LogP) is 3.93. The van der Waals surface area contributed by atoms with Gasteiger partial charge in [-0.1, -0.05) is 19.1 Å². The van der Waals surface area contributed by atoms with E-state index in [0.717, 1.165) is 12.0 Å². The van der Waals surface area contributed by atoms with Crippen LogP contribution in [-0.4, -0.2) is 40.2 Å². The molecule has 28 heavy (non-hydrogen) atoms. The van der Waals surface area contributed by atoms with Crippen molar-refractivity contribution in [3.05, 3.63) is 47.5 Å². The quantitative estimate of drug-likeness (QED) is 0.666. The molecule has 7 heteroatoms. The van der Waals surface area contributed by atoms with Crippen LogP contribution in [0.5, 0.6) is 23.0 Å². The van der Waals surface area contributed by atoms with Gasteiger partial charge in [-0.3, -0.25) is 0 Å². The number of carbonyl (C=O) groups excluding carboxylic acids is 1. The van der Waals surface area contributed by atoms with E-state index < -0.39 is 18.4 Å². The number of carbonyl (C=O) groups is 1. The molecule has 2 atom stereocenters. The second-order valence-corrected chi connectivity index (χ2v) is 6.21. The lowest BCUT2D eigenvalue weighted by molar-refractivity contribution is -0.0904. The molecule has 2 unspecified atom stereocenters. The van der Waals surface area contributed by atoms with Crippen LogP contribution < -0.4 is 18.9 Å². The topological polar surface area (TPSA) is 72.5 Å². The van der Waals surface area contributed by atoms with Gasteiger partial charge >= 0.3 is 6.16 Å². The third-order valence-electron chi connectivity index (χ3n) is 4.58. The summed E-state index contributed by atoms with van der Waals surface area (Å²) in [4.78, 5) is 11.7. The highest BCUT2D eigenvalue weighted by Crippen LogP contribution is 2.37. The SMILES string of the molecule is CCc1ccc(OC2COC(=O)OC2c2ccc(OC)c(OC)c2)c(OC)c1. The molecule has 1 heterocycles. The second-order valence-electron chi connectivity index (χ2n) is 6.21. The summed E-state index contributed by atoms with van der Waals surface area (Å²) < 4.78 is 32.7. The molecule has 1 saturated heterocycles. The lowest BCUT2D eigenvalue weighted by Gasteiger charge is -2.32. The van der Waals surface area contributed by atoms with E-state index in [-0.39, 0.29) is 6.61 Å². The van der Waals surface area contributed by atoms with Crippen LogP contribution in [-0.2, 0) is 15.9 Å². The Balaban J connectivity index is 1.90. The van der Waals surface area contributed by atoms with Crippen LogP contribution in [0.4, 0.5) is 4.79 Å². The Morgan fingerprint density at radius 3 is 2.29 bits per heavy atom.